The van der Waals surface area contributed by atoms with E-state index < -0.39 is 6.10 Å². The second-order valence-corrected chi connectivity index (χ2v) is 6.87. The van der Waals surface area contributed by atoms with Crippen LogP contribution >= 0.6 is 0 Å². The number of ether oxygens (including phenoxy) is 2. The Morgan fingerprint density at radius 3 is 2.29 bits per heavy atom. The molecule has 2 aliphatic rings. The molecule has 7 heteroatoms. The average Bonchev–Trinajstić information content (AvgIpc) is 2.74. The first-order chi connectivity index (χ1) is 13.6. The number of carbonyl (C=O) groups is 2. The molecule has 2 aliphatic heterocycles. The van der Waals surface area contributed by atoms with Gasteiger partial charge in [0.2, 0.25) is 12.0 Å². The quantitative estimate of drug-likeness (QED) is 0.811. The lowest BCUT2D eigenvalue weighted by Crippen LogP contribution is -2.55. The van der Waals surface area contributed by atoms with Gasteiger partial charge in [-0.25, -0.2) is 4.39 Å². The fraction of sp³-hybridized carbons (Fsp3) is 0.333. The smallest absolute Gasteiger partial charge is 0.267 e. The normalized spacial score (nSPS) is 18.7. The average molecular weight is 384 g/mol. The summed E-state index contributed by atoms with van der Waals surface area (Å²) in [5.74, 6) is 0.743. The van der Waals surface area contributed by atoms with Crippen LogP contribution in [-0.4, -0.2) is 60.5 Å². The molecule has 0 bridgehead atoms. The van der Waals surface area contributed by atoms with Crippen LogP contribution in [0.1, 0.15) is 5.56 Å². The van der Waals surface area contributed by atoms with Crippen molar-refractivity contribution in [3.63, 3.8) is 0 Å². The summed E-state index contributed by atoms with van der Waals surface area (Å²) in [4.78, 5) is 28.6. The van der Waals surface area contributed by atoms with Crippen molar-refractivity contribution in [2.24, 2.45) is 0 Å². The van der Waals surface area contributed by atoms with Crippen LogP contribution < -0.4 is 9.47 Å². The van der Waals surface area contributed by atoms with Gasteiger partial charge in [0, 0.05) is 26.2 Å². The molecule has 4 rings (SSSR count). The zero-order chi connectivity index (χ0) is 19.5. The van der Waals surface area contributed by atoms with E-state index in [0.29, 0.717) is 37.7 Å². The molecule has 6 nitrogen and oxygen atoms in total. The van der Waals surface area contributed by atoms with Gasteiger partial charge in [-0.05, 0) is 29.8 Å². The number of rotatable bonds is 3. The zero-order valence-electron chi connectivity index (χ0n) is 15.3. The van der Waals surface area contributed by atoms with Gasteiger partial charge in [0.1, 0.15) is 12.4 Å². The number of benzene rings is 2. The van der Waals surface area contributed by atoms with E-state index in [9.17, 15) is 14.0 Å². The number of fused-ring (bicyclic) bond motifs is 1. The van der Waals surface area contributed by atoms with Crippen molar-refractivity contribution >= 4 is 11.8 Å². The highest BCUT2D eigenvalue weighted by molar-refractivity contribution is 5.83. The molecule has 0 spiro atoms. The van der Waals surface area contributed by atoms with Gasteiger partial charge >= 0.3 is 0 Å². The molecule has 2 heterocycles. The molecule has 1 atom stereocenters. The van der Waals surface area contributed by atoms with Crippen LogP contribution in [0.15, 0.2) is 48.5 Å². The Morgan fingerprint density at radius 2 is 1.57 bits per heavy atom. The maximum Gasteiger partial charge on any atom is 0.267 e. The van der Waals surface area contributed by atoms with Crippen LogP contribution in [0.5, 0.6) is 11.5 Å². The molecule has 2 aromatic carbocycles. The van der Waals surface area contributed by atoms with Crippen LogP contribution in [0.3, 0.4) is 0 Å². The lowest BCUT2D eigenvalue weighted by Gasteiger charge is -2.37. The second-order valence-electron chi connectivity index (χ2n) is 6.87. The van der Waals surface area contributed by atoms with Crippen LogP contribution in [0, 0.1) is 5.82 Å². The number of halogens is 1. The summed E-state index contributed by atoms with van der Waals surface area (Å²) >= 11 is 0. The minimum Gasteiger partial charge on any atom is -0.485 e. The van der Waals surface area contributed by atoms with Gasteiger partial charge in [0.15, 0.2) is 11.5 Å². The number of para-hydroxylation sites is 2. The highest BCUT2D eigenvalue weighted by Crippen LogP contribution is 2.31. The fourth-order valence-corrected chi connectivity index (χ4v) is 3.41. The molecule has 0 aromatic heterocycles. The minimum atomic E-state index is -0.670. The number of hydrogen-bond acceptors (Lipinski definition) is 4. The number of piperazine rings is 1. The molecule has 28 heavy (non-hydrogen) atoms. The Hall–Kier alpha value is -3.09. The fourth-order valence-electron chi connectivity index (χ4n) is 3.41. The van der Waals surface area contributed by atoms with E-state index in [4.69, 9.17) is 9.47 Å². The molecule has 1 fully saturated rings. The summed E-state index contributed by atoms with van der Waals surface area (Å²) in [6.45, 7) is 2.02. The molecule has 0 N–H and O–H groups in total. The van der Waals surface area contributed by atoms with Crippen molar-refractivity contribution in [3.8, 4) is 11.5 Å². The van der Waals surface area contributed by atoms with Crippen LogP contribution in [0.25, 0.3) is 0 Å². The first kappa shape index (κ1) is 18.3. The van der Waals surface area contributed by atoms with Crippen LogP contribution in [0.2, 0.25) is 0 Å². The third-order valence-corrected chi connectivity index (χ3v) is 5.00. The third-order valence-electron chi connectivity index (χ3n) is 5.00. The van der Waals surface area contributed by atoms with E-state index in [-0.39, 0.29) is 30.7 Å². The van der Waals surface area contributed by atoms with Gasteiger partial charge < -0.3 is 19.3 Å². The highest BCUT2D eigenvalue weighted by Gasteiger charge is 2.33. The van der Waals surface area contributed by atoms with Crippen molar-refractivity contribution in [1.82, 2.24) is 9.80 Å². The third kappa shape index (κ3) is 3.93. The standard InChI is InChI=1S/C21H21FN2O4/c22-16-7-5-15(6-8-16)13-20(25)23-9-11-24(12-10-23)21(26)19-14-27-17-3-1-2-4-18(17)28-19/h1-8,19H,9-14H2/t19-/m1/s1. The van der Waals surface area contributed by atoms with E-state index >= 15 is 0 Å². The number of carbonyl (C=O) groups excluding carboxylic acids is 2. The van der Waals surface area contributed by atoms with Gasteiger partial charge in [-0.1, -0.05) is 24.3 Å². The molecular formula is C21H21FN2O4. The van der Waals surface area contributed by atoms with Gasteiger partial charge in [-0.3, -0.25) is 9.59 Å². The number of nitrogens with zero attached hydrogens (tertiary/aromatic N) is 2. The van der Waals surface area contributed by atoms with Gasteiger partial charge in [-0.2, -0.15) is 0 Å². The summed E-state index contributed by atoms with van der Waals surface area (Å²) in [7, 11) is 0. The first-order valence-corrected chi connectivity index (χ1v) is 9.29. The Labute approximate surface area is 162 Å². The lowest BCUT2D eigenvalue weighted by molar-refractivity contribution is -0.146. The topological polar surface area (TPSA) is 59.1 Å². The van der Waals surface area contributed by atoms with E-state index in [2.05, 4.69) is 0 Å². The van der Waals surface area contributed by atoms with Gasteiger partial charge in [-0.15, -0.1) is 0 Å². The molecular weight excluding hydrogens is 363 g/mol. The van der Waals surface area contributed by atoms with Gasteiger partial charge in [0.05, 0.1) is 6.42 Å². The molecule has 2 amide bonds. The van der Waals surface area contributed by atoms with Crippen molar-refractivity contribution in [2.45, 2.75) is 12.5 Å². The monoisotopic (exact) mass is 384 g/mol. The predicted octanol–water partition coefficient (Wildman–Crippen LogP) is 1.88. The van der Waals surface area contributed by atoms with E-state index in [1.165, 1.54) is 12.1 Å². The Kier molecular flexibility index (Phi) is 5.14. The zero-order valence-corrected chi connectivity index (χ0v) is 15.3. The molecule has 0 radical (unpaired) electrons. The Bertz CT molecular complexity index is 863. The number of amides is 2. The molecule has 0 saturated carbocycles. The summed E-state index contributed by atoms with van der Waals surface area (Å²) in [5, 5.41) is 0. The van der Waals surface area contributed by atoms with Gasteiger partial charge in [0.25, 0.3) is 5.91 Å². The second kappa shape index (κ2) is 7.88. The van der Waals surface area contributed by atoms with Crippen molar-refractivity contribution < 1.29 is 23.5 Å². The van der Waals surface area contributed by atoms with Crippen molar-refractivity contribution in [1.29, 1.82) is 0 Å². The van der Waals surface area contributed by atoms with E-state index in [1.807, 2.05) is 18.2 Å². The lowest BCUT2D eigenvalue weighted by atomic mass is 10.1. The summed E-state index contributed by atoms with van der Waals surface area (Å²) < 4.78 is 24.4. The first-order valence-electron chi connectivity index (χ1n) is 9.29. The molecule has 1 saturated heterocycles. The van der Waals surface area contributed by atoms with E-state index in [0.717, 1.165) is 5.56 Å². The maximum atomic E-state index is 13.0. The van der Waals surface area contributed by atoms with E-state index in [1.54, 1.807) is 28.0 Å². The maximum absolute atomic E-state index is 13.0. The molecule has 0 aliphatic carbocycles. The summed E-state index contributed by atoms with van der Waals surface area (Å²) in [6, 6.07) is 13.2. The summed E-state index contributed by atoms with van der Waals surface area (Å²) in [6.07, 6.45) is -0.443. The molecule has 2 aromatic rings. The Balaban J connectivity index is 1.29. The predicted molar refractivity (Wildman–Crippen MR) is 99.6 cm³/mol. The molecule has 146 valence electrons. The highest BCUT2D eigenvalue weighted by atomic mass is 19.1. The summed E-state index contributed by atoms with van der Waals surface area (Å²) in [5.41, 5.74) is 0.774. The molecule has 0 unspecified atom stereocenters. The van der Waals surface area contributed by atoms with Crippen molar-refractivity contribution in [3.05, 3.63) is 59.9 Å². The SMILES string of the molecule is O=C(Cc1ccc(F)cc1)N1CCN(C(=O)[C@H]2COc3ccccc3O2)CC1. The number of hydrogen-bond donors (Lipinski definition) is 0. The van der Waals surface area contributed by atoms with Crippen molar-refractivity contribution in [2.75, 3.05) is 32.8 Å². The van der Waals surface area contributed by atoms with Crippen LogP contribution in [0.4, 0.5) is 4.39 Å². The van der Waals surface area contributed by atoms with Crippen LogP contribution in [-0.2, 0) is 16.0 Å². The Morgan fingerprint density at radius 1 is 0.929 bits per heavy atom. The minimum absolute atomic E-state index is 0.0233. The largest absolute Gasteiger partial charge is 0.485 e.